The molecule has 0 aliphatic carbocycles. The Morgan fingerprint density at radius 3 is 0.812 bits per heavy atom. The summed E-state index contributed by atoms with van der Waals surface area (Å²) in [6, 6.07) is 0. The van der Waals surface area contributed by atoms with Crippen LogP contribution in [0, 0.1) is 17.8 Å². The molecule has 0 saturated heterocycles. The van der Waals surface area contributed by atoms with Crippen molar-refractivity contribution in [2.75, 3.05) is 13.2 Å². The molecule has 64 heavy (non-hydrogen) atoms. The standard InChI is InChI=1S/C58H112O6/c1-7-54(6)46-40-34-28-22-18-19-24-30-36-42-48-57(60)63-51-55(64-58(61)49-43-37-31-25-17-13-9-11-15-21-27-33-39-45-53(4)5)50-62-56(59)47-41-35-29-23-16-12-8-10-14-20-26-32-38-44-52(2)3/h52-55H,7-51H2,1-6H3/t54?,55-/m0/s1. The monoisotopic (exact) mass is 905 g/mol. The van der Waals surface area contributed by atoms with Crippen LogP contribution < -0.4 is 0 Å². The molecule has 0 aliphatic rings. The molecule has 0 rings (SSSR count). The van der Waals surface area contributed by atoms with E-state index in [2.05, 4.69) is 41.5 Å². The van der Waals surface area contributed by atoms with Crippen molar-refractivity contribution in [3.05, 3.63) is 0 Å². The summed E-state index contributed by atoms with van der Waals surface area (Å²) < 4.78 is 16.9. The molecule has 0 aromatic carbocycles. The summed E-state index contributed by atoms with van der Waals surface area (Å²) in [7, 11) is 0. The third-order valence-corrected chi connectivity index (χ3v) is 13.5. The lowest BCUT2D eigenvalue weighted by atomic mass is 9.99. The molecule has 0 saturated carbocycles. The van der Waals surface area contributed by atoms with Crippen LogP contribution in [0.1, 0.15) is 318 Å². The van der Waals surface area contributed by atoms with Gasteiger partial charge < -0.3 is 14.2 Å². The number of rotatable bonds is 51. The van der Waals surface area contributed by atoms with Gasteiger partial charge >= 0.3 is 17.9 Å². The first-order valence-electron chi connectivity index (χ1n) is 28.6. The zero-order valence-electron chi connectivity index (χ0n) is 44.1. The minimum atomic E-state index is -0.764. The summed E-state index contributed by atoms with van der Waals surface area (Å²) in [5.74, 6) is 1.70. The minimum absolute atomic E-state index is 0.0637. The van der Waals surface area contributed by atoms with Crippen LogP contribution in [-0.4, -0.2) is 37.2 Å². The third kappa shape index (κ3) is 49.8. The normalized spacial score (nSPS) is 12.6. The summed E-state index contributed by atoms with van der Waals surface area (Å²) in [5, 5.41) is 0. The maximum atomic E-state index is 12.8. The van der Waals surface area contributed by atoms with Gasteiger partial charge in [0, 0.05) is 19.3 Å². The summed E-state index contributed by atoms with van der Waals surface area (Å²) in [4.78, 5) is 38.1. The molecule has 0 N–H and O–H groups in total. The quantitative estimate of drug-likeness (QED) is 0.0344. The van der Waals surface area contributed by atoms with Gasteiger partial charge in [0.05, 0.1) is 0 Å². The zero-order chi connectivity index (χ0) is 47.0. The first kappa shape index (κ1) is 62.4. The van der Waals surface area contributed by atoms with Crippen LogP contribution >= 0.6 is 0 Å². The van der Waals surface area contributed by atoms with Crippen molar-refractivity contribution in [3.8, 4) is 0 Å². The van der Waals surface area contributed by atoms with Crippen molar-refractivity contribution in [2.24, 2.45) is 17.8 Å². The Bertz CT molecular complexity index is 993. The van der Waals surface area contributed by atoms with Crippen molar-refractivity contribution in [1.29, 1.82) is 0 Å². The van der Waals surface area contributed by atoms with E-state index in [4.69, 9.17) is 14.2 Å². The van der Waals surface area contributed by atoms with Crippen molar-refractivity contribution < 1.29 is 28.6 Å². The molecule has 0 aliphatic heterocycles. The fraction of sp³-hybridized carbons (Fsp3) is 0.948. The maximum Gasteiger partial charge on any atom is 0.306 e. The number of carbonyl (C=O) groups is 3. The van der Waals surface area contributed by atoms with E-state index in [0.29, 0.717) is 19.3 Å². The van der Waals surface area contributed by atoms with Crippen molar-refractivity contribution >= 4 is 17.9 Å². The second-order valence-electron chi connectivity index (χ2n) is 21.1. The molecule has 0 bridgehead atoms. The third-order valence-electron chi connectivity index (χ3n) is 13.5. The Morgan fingerprint density at radius 2 is 0.547 bits per heavy atom. The highest BCUT2D eigenvalue weighted by atomic mass is 16.6. The van der Waals surface area contributed by atoms with Gasteiger partial charge in [-0.3, -0.25) is 14.4 Å². The van der Waals surface area contributed by atoms with E-state index in [9.17, 15) is 14.4 Å². The van der Waals surface area contributed by atoms with Crippen LogP contribution in [0.15, 0.2) is 0 Å². The predicted molar refractivity (Wildman–Crippen MR) is 275 cm³/mol. The summed E-state index contributed by atoms with van der Waals surface area (Å²) in [6.07, 6.45) is 50.8. The molecule has 0 fully saturated rings. The number of carbonyl (C=O) groups excluding carboxylic acids is 3. The van der Waals surface area contributed by atoms with Crippen LogP contribution in [0.4, 0.5) is 0 Å². The minimum Gasteiger partial charge on any atom is -0.462 e. The van der Waals surface area contributed by atoms with Gasteiger partial charge in [-0.25, -0.2) is 0 Å². The Balaban J connectivity index is 4.32. The lowest BCUT2D eigenvalue weighted by Gasteiger charge is -2.18. The van der Waals surface area contributed by atoms with E-state index in [-0.39, 0.29) is 31.1 Å². The molecule has 0 aromatic heterocycles. The molecular weight excluding hydrogens is 793 g/mol. The lowest BCUT2D eigenvalue weighted by Crippen LogP contribution is -2.30. The number of esters is 3. The highest BCUT2D eigenvalue weighted by Gasteiger charge is 2.19. The largest absolute Gasteiger partial charge is 0.462 e. The topological polar surface area (TPSA) is 78.9 Å². The molecule has 0 amide bonds. The van der Waals surface area contributed by atoms with E-state index >= 15 is 0 Å². The summed E-state index contributed by atoms with van der Waals surface area (Å²) in [6.45, 7) is 13.8. The zero-order valence-corrected chi connectivity index (χ0v) is 44.1. The maximum absolute atomic E-state index is 12.8. The highest BCUT2D eigenvalue weighted by Crippen LogP contribution is 2.19. The van der Waals surface area contributed by atoms with E-state index in [1.807, 2.05) is 0 Å². The highest BCUT2D eigenvalue weighted by molar-refractivity contribution is 5.71. The van der Waals surface area contributed by atoms with Gasteiger partial charge in [-0.15, -0.1) is 0 Å². The second kappa shape index (κ2) is 49.3. The fourth-order valence-corrected chi connectivity index (χ4v) is 8.79. The number of hydrogen-bond donors (Lipinski definition) is 0. The Labute approximate surface area is 399 Å². The van der Waals surface area contributed by atoms with Gasteiger partial charge in [0.2, 0.25) is 0 Å². The molecule has 380 valence electrons. The van der Waals surface area contributed by atoms with Gasteiger partial charge in [0.15, 0.2) is 6.10 Å². The van der Waals surface area contributed by atoms with E-state index in [0.717, 1.165) is 75.5 Å². The molecule has 6 heteroatoms. The van der Waals surface area contributed by atoms with Crippen LogP contribution in [0.25, 0.3) is 0 Å². The molecular formula is C58H112O6. The average molecular weight is 906 g/mol. The van der Waals surface area contributed by atoms with Crippen molar-refractivity contribution in [2.45, 2.75) is 324 Å². The van der Waals surface area contributed by atoms with Crippen LogP contribution in [-0.2, 0) is 28.6 Å². The fourth-order valence-electron chi connectivity index (χ4n) is 8.79. The summed E-state index contributed by atoms with van der Waals surface area (Å²) in [5.41, 5.74) is 0. The van der Waals surface area contributed by atoms with Crippen molar-refractivity contribution in [1.82, 2.24) is 0 Å². The predicted octanol–water partition coefficient (Wildman–Crippen LogP) is 18.7. The molecule has 0 spiro atoms. The summed E-state index contributed by atoms with van der Waals surface area (Å²) >= 11 is 0. The van der Waals surface area contributed by atoms with Crippen molar-refractivity contribution in [3.63, 3.8) is 0 Å². The van der Waals surface area contributed by atoms with Gasteiger partial charge in [0.25, 0.3) is 0 Å². The molecule has 0 aromatic rings. The second-order valence-corrected chi connectivity index (χ2v) is 21.1. The van der Waals surface area contributed by atoms with Gasteiger partial charge in [-0.05, 0) is 37.0 Å². The molecule has 2 atom stereocenters. The van der Waals surface area contributed by atoms with Gasteiger partial charge in [-0.2, -0.15) is 0 Å². The molecule has 0 heterocycles. The van der Waals surface area contributed by atoms with E-state index in [1.165, 1.54) is 199 Å². The van der Waals surface area contributed by atoms with Gasteiger partial charge in [0.1, 0.15) is 13.2 Å². The smallest absolute Gasteiger partial charge is 0.306 e. The Kier molecular flexibility index (Phi) is 48.1. The molecule has 6 nitrogen and oxygen atoms in total. The Hall–Kier alpha value is -1.59. The van der Waals surface area contributed by atoms with Crippen LogP contribution in [0.3, 0.4) is 0 Å². The number of hydrogen-bond acceptors (Lipinski definition) is 6. The first-order valence-corrected chi connectivity index (χ1v) is 28.6. The SMILES string of the molecule is CCC(C)CCCCCCCCCCCCC(=O)OC[C@H](COC(=O)CCCCCCCCCCCCCCCC(C)C)OC(=O)CCCCCCCCCCCCCCCC(C)C. The van der Waals surface area contributed by atoms with Crippen LogP contribution in [0.5, 0.6) is 0 Å². The molecule has 0 radical (unpaired) electrons. The first-order chi connectivity index (χ1) is 31.1. The van der Waals surface area contributed by atoms with E-state index in [1.54, 1.807) is 0 Å². The van der Waals surface area contributed by atoms with E-state index < -0.39 is 6.10 Å². The van der Waals surface area contributed by atoms with Gasteiger partial charge in [-0.1, -0.05) is 279 Å². The number of unbranched alkanes of at least 4 members (excludes halogenated alkanes) is 33. The Morgan fingerprint density at radius 1 is 0.312 bits per heavy atom. The average Bonchev–Trinajstić information content (AvgIpc) is 3.27. The number of ether oxygens (including phenoxy) is 3. The lowest BCUT2D eigenvalue weighted by molar-refractivity contribution is -0.167. The molecule has 1 unspecified atom stereocenters. The van der Waals surface area contributed by atoms with Crippen LogP contribution in [0.2, 0.25) is 0 Å².